The van der Waals surface area contributed by atoms with Crippen LogP contribution in [-0.2, 0) is 9.93 Å². The molecule has 54 heavy (non-hydrogen) atoms. The average molecular weight is 709 g/mol. The molecule has 9 aromatic carbocycles. The summed E-state index contributed by atoms with van der Waals surface area (Å²) >= 11 is 0. The largest absolute Gasteiger partial charge is 0.309 e. The Morgan fingerprint density at radius 2 is 0.741 bits per heavy atom. The maximum Gasteiger partial charge on any atom is 0.0546 e. The first-order valence-corrected chi connectivity index (χ1v) is 20.2. The van der Waals surface area contributed by atoms with E-state index in [2.05, 4.69) is 168 Å². The Hall–Kier alpha value is -6.75. The number of nitrogens with zero attached hydrogens (tertiary/aromatic N) is 2. The van der Waals surface area contributed by atoms with E-state index in [1.165, 1.54) is 43.8 Å². The van der Waals surface area contributed by atoms with Gasteiger partial charge in [0.05, 0.1) is 22.7 Å². The Kier molecular flexibility index (Phi) is 6.01. The predicted molar refractivity (Wildman–Crippen MR) is 225 cm³/mol. The summed E-state index contributed by atoms with van der Waals surface area (Å²) in [5.41, 5.74) is 13.6. The quantitative estimate of drug-likeness (QED) is 0.185. The van der Waals surface area contributed by atoms with E-state index in [0.717, 1.165) is 59.9 Å². The maximum absolute atomic E-state index is 15.8. The van der Waals surface area contributed by atoms with Gasteiger partial charge in [-0.2, -0.15) is 0 Å². The maximum atomic E-state index is 15.8. The summed E-state index contributed by atoms with van der Waals surface area (Å²) in [5, 5.41) is 4.92. The number of thiol groups is 1. The van der Waals surface area contributed by atoms with Crippen LogP contribution in [0.2, 0.25) is 0 Å². The highest BCUT2D eigenvalue weighted by molar-refractivity contribution is 8.03. The molecule has 0 saturated carbocycles. The molecule has 9 aromatic rings. The molecule has 0 aromatic heterocycles. The molecule has 0 spiro atoms. The lowest BCUT2D eigenvalue weighted by Gasteiger charge is -2.34. The molecule has 0 unspecified atom stereocenters. The van der Waals surface area contributed by atoms with Gasteiger partial charge in [0, 0.05) is 48.0 Å². The summed E-state index contributed by atoms with van der Waals surface area (Å²) in [6, 6.07) is 66.9. The van der Waals surface area contributed by atoms with E-state index in [-0.39, 0.29) is 0 Å². The standard InChI is InChI=1S/C50H32N2OS/c53-54(36-16-2-1-3-17-36)47-28-26-34(51-43-22-6-4-18-37(43)39-20-8-12-32-14-10-24-45(51)49(32)39)30-41(47)42-31-35(27-29-48(42)54)52-44-23-7-5-19-38(44)40-21-9-13-33-15-11-25-46(52)50(33)40/h1-31,54H. The Bertz CT molecular complexity index is 2910. The SMILES string of the molecule is O=[SH]1(c2ccccc2)c2ccc(N3c4ccccc4-c4cccc5cccc3c45)cc2-c2cc(N3c4ccccc4-c4cccc5cccc3c45)ccc21. The average Bonchev–Trinajstić information content (AvgIpc) is 3.49. The smallest absolute Gasteiger partial charge is 0.0546 e. The Morgan fingerprint density at radius 3 is 1.24 bits per heavy atom. The van der Waals surface area contributed by atoms with Crippen LogP contribution in [0.1, 0.15) is 0 Å². The Balaban J connectivity index is 1.11. The monoisotopic (exact) mass is 708 g/mol. The molecule has 3 aliphatic rings. The van der Waals surface area contributed by atoms with Crippen molar-refractivity contribution in [2.75, 3.05) is 9.80 Å². The van der Waals surface area contributed by atoms with E-state index in [9.17, 15) is 0 Å². The molecular formula is C50H32N2OS. The first-order chi connectivity index (χ1) is 26.7. The fraction of sp³-hybridized carbons (Fsp3) is 0. The lowest BCUT2D eigenvalue weighted by atomic mass is 9.90. The van der Waals surface area contributed by atoms with Gasteiger partial charge in [-0.15, -0.1) is 0 Å². The molecular weight excluding hydrogens is 677 g/mol. The summed E-state index contributed by atoms with van der Waals surface area (Å²) in [6.07, 6.45) is 0. The molecule has 12 rings (SSSR count). The molecule has 254 valence electrons. The summed E-state index contributed by atoms with van der Waals surface area (Å²) in [4.78, 5) is 7.41. The second kappa shape index (κ2) is 10.9. The minimum Gasteiger partial charge on any atom is -0.309 e. The highest BCUT2D eigenvalue weighted by atomic mass is 32.2. The number of hydrogen-bond donors (Lipinski definition) is 1. The number of para-hydroxylation sites is 2. The summed E-state index contributed by atoms with van der Waals surface area (Å²) in [7, 11) is -3.19. The molecule has 4 heteroatoms. The van der Waals surface area contributed by atoms with Gasteiger partial charge < -0.3 is 9.80 Å². The molecule has 0 saturated heterocycles. The van der Waals surface area contributed by atoms with Gasteiger partial charge in [0.1, 0.15) is 0 Å². The van der Waals surface area contributed by atoms with Gasteiger partial charge in [0.2, 0.25) is 0 Å². The van der Waals surface area contributed by atoms with Crippen molar-refractivity contribution in [2.45, 2.75) is 14.7 Å². The zero-order chi connectivity index (χ0) is 35.5. The van der Waals surface area contributed by atoms with Gasteiger partial charge in [0.15, 0.2) is 0 Å². The van der Waals surface area contributed by atoms with Crippen LogP contribution in [0, 0.1) is 0 Å². The van der Waals surface area contributed by atoms with Crippen LogP contribution in [0.4, 0.5) is 34.1 Å². The first kappa shape index (κ1) is 29.8. The minimum atomic E-state index is -3.19. The van der Waals surface area contributed by atoms with Gasteiger partial charge in [-0.25, -0.2) is 0 Å². The molecule has 3 heterocycles. The number of rotatable bonds is 3. The van der Waals surface area contributed by atoms with Crippen LogP contribution in [0.25, 0.3) is 54.9 Å². The highest BCUT2D eigenvalue weighted by Crippen LogP contribution is 2.57. The minimum absolute atomic E-state index is 0.856. The lowest BCUT2D eigenvalue weighted by Crippen LogP contribution is -2.15. The van der Waals surface area contributed by atoms with Gasteiger partial charge in [-0.05, 0) is 116 Å². The van der Waals surface area contributed by atoms with Gasteiger partial charge in [0.25, 0.3) is 0 Å². The molecule has 0 fully saturated rings. The van der Waals surface area contributed by atoms with Crippen molar-refractivity contribution in [1.29, 1.82) is 0 Å². The normalized spacial score (nSPS) is 14.7. The van der Waals surface area contributed by atoms with E-state index in [1.807, 2.05) is 30.3 Å². The summed E-state index contributed by atoms with van der Waals surface area (Å²) in [6.45, 7) is 0. The van der Waals surface area contributed by atoms with E-state index in [1.54, 1.807) is 0 Å². The van der Waals surface area contributed by atoms with Crippen LogP contribution in [0.5, 0.6) is 0 Å². The van der Waals surface area contributed by atoms with Gasteiger partial charge in [-0.1, -0.05) is 115 Å². The molecule has 0 atom stereocenters. The molecule has 3 aliphatic heterocycles. The number of fused-ring (bicyclic) bond motifs is 7. The van der Waals surface area contributed by atoms with E-state index in [0.29, 0.717) is 0 Å². The van der Waals surface area contributed by atoms with Crippen LogP contribution >= 0.6 is 0 Å². The third-order valence-electron chi connectivity index (χ3n) is 11.7. The lowest BCUT2D eigenvalue weighted by molar-refractivity contribution is 0.672. The van der Waals surface area contributed by atoms with E-state index < -0.39 is 9.93 Å². The fourth-order valence-corrected chi connectivity index (χ4v) is 12.5. The molecule has 0 amide bonds. The highest BCUT2D eigenvalue weighted by Gasteiger charge is 2.38. The number of hydrogen-bond acceptors (Lipinski definition) is 3. The Labute approximate surface area is 314 Å². The topological polar surface area (TPSA) is 23.6 Å². The van der Waals surface area contributed by atoms with Crippen molar-refractivity contribution in [2.24, 2.45) is 0 Å². The zero-order valence-corrected chi connectivity index (χ0v) is 30.0. The van der Waals surface area contributed by atoms with Crippen molar-refractivity contribution in [3.05, 3.63) is 188 Å². The second-order valence-corrected chi connectivity index (χ2v) is 17.1. The molecule has 0 aliphatic carbocycles. The van der Waals surface area contributed by atoms with Crippen LogP contribution in [-0.4, -0.2) is 4.21 Å². The number of benzene rings is 9. The van der Waals surface area contributed by atoms with Crippen molar-refractivity contribution in [1.82, 2.24) is 0 Å². The molecule has 0 N–H and O–H groups in total. The third kappa shape index (κ3) is 3.87. The summed E-state index contributed by atoms with van der Waals surface area (Å²) < 4.78 is 15.8. The summed E-state index contributed by atoms with van der Waals surface area (Å²) in [5.74, 6) is 0. The fourth-order valence-electron chi connectivity index (χ4n) is 9.43. The van der Waals surface area contributed by atoms with Crippen LogP contribution < -0.4 is 9.80 Å². The van der Waals surface area contributed by atoms with Crippen molar-refractivity contribution >= 4 is 65.6 Å². The molecule has 3 nitrogen and oxygen atoms in total. The van der Waals surface area contributed by atoms with Crippen LogP contribution in [0.3, 0.4) is 0 Å². The molecule has 0 radical (unpaired) electrons. The van der Waals surface area contributed by atoms with E-state index in [4.69, 9.17) is 0 Å². The second-order valence-electron chi connectivity index (χ2n) is 14.4. The van der Waals surface area contributed by atoms with E-state index >= 15 is 4.21 Å². The number of anilines is 6. The van der Waals surface area contributed by atoms with Crippen molar-refractivity contribution < 1.29 is 4.21 Å². The van der Waals surface area contributed by atoms with Crippen molar-refractivity contribution in [3.63, 3.8) is 0 Å². The van der Waals surface area contributed by atoms with Crippen molar-refractivity contribution in [3.8, 4) is 33.4 Å². The van der Waals surface area contributed by atoms with Gasteiger partial charge >= 0.3 is 0 Å². The zero-order valence-electron chi connectivity index (χ0n) is 29.1. The molecule has 0 bridgehead atoms. The Morgan fingerprint density at radius 1 is 0.333 bits per heavy atom. The first-order valence-electron chi connectivity index (χ1n) is 18.5. The third-order valence-corrected chi connectivity index (χ3v) is 14.8. The van der Waals surface area contributed by atoms with Gasteiger partial charge in [-0.3, -0.25) is 4.21 Å². The predicted octanol–water partition coefficient (Wildman–Crippen LogP) is 13.4. The van der Waals surface area contributed by atoms with Crippen LogP contribution in [0.15, 0.2) is 203 Å².